The van der Waals surface area contributed by atoms with Crippen molar-refractivity contribution in [3.05, 3.63) is 83.9 Å². The smallest absolute Gasteiger partial charge is 0.306 e. The second kappa shape index (κ2) is 11.7. The highest BCUT2D eigenvalue weighted by Crippen LogP contribution is 2.29. The molecular weight excluding hydrogens is 486 g/mol. The third kappa shape index (κ3) is 7.09. The van der Waals surface area contributed by atoms with Crippen molar-refractivity contribution in [1.82, 2.24) is 24.6 Å². The zero-order valence-electron chi connectivity index (χ0n) is 23.5. The molecule has 0 saturated carbocycles. The van der Waals surface area contributed by atoms with Crippen LogP contribution in [-0.2, 0) is 16.0 Å². The van der Waals surface area contributed by atoms with Crippen LogP contribution in [0.1, 0.15) is 62.9 Å². The monoisotopic (exact) mass is 525 g/mol. The summed E-state index contributed by atoms with van der Waals surface area (Å²) in [5.41, 5.74) is 4.66. The van der Waals surface area contributed by atoms with Gasteiger partial charge in [0.25, 0.3) is 0 Å². The molecule has 0 N–H and O–H groups in total. The van der Waals surface area contributed by atoms with Gasteiger partial charge in [-0.25, -0.2) is 14.6 Å². The Labute approximate surface area is 231 Å². The van der Waals surface area contributed by atoms with Gasteiger partial charge in [-0.05, 0) is 107 Å². The number of ether oxygens (including phenoxy) is 1. The molecular formula is C32H39N5O2. The first-order valence-electron chi connectivity index (χ1n) is 14.0. The van der Waals surface area contributed by atoms with Gasteiger partial charge in [-0.15, -0.1) is 0 Å². The molecule has 2 unspecified atom stereocenters. The summed E-state index contributed by atoms with van der Waals surface area (Å²) >= 11 is 0. The Hall–Kier alpha value is -3.58. The number of rotatable bonds is 9. The predicted octanol–water partition coefficient (Wildman–Crippen LogP) is 5.89. The zero-order valence-corrected chi connectivity index (χ0v) is 23.5. The number of hydrogen-bond acceptors (Lipinski definition) is 6. The summed E-state index contributed by atoms with van der Waals surface area (Å²) in [6, 6.07) is 18.7. The lowest BCUT2D eigenvalue weighted by atomic mass is 9.94. The molecule has 39 heavy (non-hydrogen) atoms. The van der Waals surface area contributed by atoms with E-state index in [1.54, 1.807) is 6.20 Å². The number of likely N-dealkylation sites (tertiary alicyclic amines) is 1. The number of carbonyl (C=O) groups is 1. The standard InChI is InChI=1S/C32H39N5O2/c1-23-14-17-34-37(23)29-9-5-7-26(19-29)27(20-30(38)39-32(2,3)4)22-36-18-15-24(21-36)10-12-28-13-11-25-8-6-16-33-31(25)35-28/h5-9,11,13-14,16-17,19,24,27H,10,12,15,18,20-22H2,1-4H3. The highest BCUT2D eigenvalue weighted by Gasteiger charge is 2.28. The molecule has 1 aliphatic rings. The minimum absolute atomic E-state index is 0.0441. The summed E-state index contributed by atoms with van der Waals surface area (Å²) in [6.45, 7) is 10.7. The first-order chi connectivity index (χ1) is 18.7. The number of aryl methyl sites for hydroxylation is 2. The van der Waals surface area contributed by atoms with Crippen LogP contribution in [0.3, 0.4) is 0 Å². The maximum absolute atomic E-state index is 12.9. The van der Waals surface area contributed by atoms with Gasteiger partial charge < -0.3 is 9.64 Å². The van der Waals surface area contributed by atoms with Gasteiger partial charge >= 0.3 is 5.97 Å². The minimum atomic E-state index is -0.499. The van der Waals surface area contributed by atoms with E-state index < -0.39 is 5.60 Å². The minimum Gasteiger partial charge on any atom is -0.460 e. The number of aromatic nitrogens is 4. The molecule has 0 amide bonds. The Morgan fingerprint density at radius 2 is 1.97 bits per heavy atom. The normalized spacial score (nSPS) is 17.0. The quantitative estimate of drug-likeness (QED) is 0.254. The van der Waals surface area contributed by atoms with Crippen molar-refractivity contribution in [2.45, 2.75) is 64.9 Å². The molecule has 7 nitrogen and oxygen atoms in total. The maximum Gasteiger partial charge on any atom is 0.306 e. The Morgan fingerprint density at radius 3 is 2.77 bits per heavy atom. The molecule has 0 radical (unpaired) electrons. The van der Waals surface area contributed by atoms with Crippen molar-refractivity contribution in [2.75, 3.05) is 19.6 Å². The number of benzene rings is 1. The van der Waals surface area contributed by atoms with Crippen LogP contribution < -0.4 is 0 Å². The Kier molecular flexibility index (Phi) is 8.07. The lowest BCUT2D eigenvalue weighted by molar-refractivity contribution is -0.155. The molecule has 0 aliphatic carbocycles. The molecule has 4 heterocycles. The number of hydrogen-bond donors (Lipinski definition) is 0. The highest BCUT2D eigenvalue weighted by atomic mass is 16.6. The average molecular weight is 526 g/mol. The molecule has 3 aromatic heterocycles. The van der Waals surface area contributed by atoms with E-state index in [9.17, 15) is 4.79 Å². The molecule has 1 fully saturated rings. The topological polar surface area (TPSA) is 73.1 Å². The van der Waals surface area contributed by atoms with Gasteiger partial charge in [0.05, 0.1) is 12.1 Å². The van der Waals surface area contributed by atoms with Crippen molar-refractivity contribution in [2.24, 2.45) is 5.92 Å². The number of carbonyl (C=O) groups excluding carboxylic acids is 1. The SMILES string of the molecule is Cc1ccnn1-c1cccc(C(CC(=O)OC(C)(C)C)CN2CCC(CCc3ccc4cccnc4n3)C2)c1. The summed E-state index contributed by atoms with van der Waals surface area (Å²) < 4.78 is 7.67. The molecule has 2 atom stereocenters. The van der Waals surface area contributed by atoms with Gasteiger partial charge in [0.2, 0.25) is 0 Å². The van der Waals surface area contributed by atoms with Gasteiger partial charge in [0.15, 0.2) is 5.65 Å². The van der Waals surface area contributed by atoms with Crippen LogP contribution in [0.15, 0.2) is 67.0 Å². The fraction of sp³-hybridized carbons (Fsp3) is 0.438. The Bertz CT molecular complexity index is 1420. The molecule has 1 saturated heterocycles. The first-order valence-corrected chi connectivity index (χ1v) is 14.0. The van der Waals surface area contributed by atoms with Crippen LogP contribution in [0.2, 0.25) is 0 Å². The second-order valence-corrected chi connectivity index (χ2v) is 11.8. The molecule has 0 spiro atoms. The molecule has 4 aromatic rings. The summed E-state index contributed by atoms with van der Waals surface area (Å²) in [6.07, 6.45) is 7.19. The summed E-state index contributed by atoms with van der Waals surface area (Å²) in [7, 11) is 0. The van der Waals surface area contributed by atoms with Gasteiger partial charge in [0, 0.05) is 48.2 Å². The number of fused-ring (bicyclic) bond motifs is 1. The number of pyridine rings is 2. The van der Waals surface area contributed by atoms with E-state index in [1.807, 2.05) is 56.8 Å². The van der Waals surface area contributed by atoms with Crippen LogP contribution >= 0.6 is 0 Å². The van der Waals surface area contributed by atoms with Gasteiger partial charge in [-0.2, -0.15) is 5.10 Å². The largest absolute Gasteiger partial charge is 0.460 e. The van der Waals surface area contributed by atoms with E-state index in [-0.39, 0.29) is 11.9 Å². The molecule has 5 rings (SSSR count). The number of nitrogens with zero attached hydrogens (tertiary/aromatic N) is 5. The van der Waals surface area contributed by atoms with E-state index in [1.165, 1.54) is 0 Å². The molecule has 204 valence electrons. The Balaban J connectivity index is 1.25. The summed E-state index contributed by atoms with van der Waals surface area (Å²) in [4.78, 5) is 24.6. The van der Waals surface area contributed by atoms with Crippen molar-refractivity contribution in [1.29, 1.82) is 0 Å². The van der Waals surface area contributed by atoms with E-state index >= 15 is 0 Å². The third-order valence-electron chi connectivity index (χ3n) is 7.43. The maximum atomic E-state index is 12.9. The van der Waals surface area contributed by atoms with Crippen LogP contribution in [0.5, 0.6) is 0 Å². The van der Waals surface area contributed by atoms with E-state index in [0.717, 1.165) is 72.6 Å². The fourth-order valence-corrected chi connectivity index (χ4v) is 5.53. The highest BCUT2D eigenvalue weighted by molar-refractivity contribution is 5.74. The van der Waals surface area contributed by atoms with Gasteiger partial charge in [-0.1, -0.05) is 12.1 Å². The van der Waals surface area contributed by atoms with Crippen molar-refractivity contribution in [3.63, 3.8) is 0 Å². The summed E-state index contributed by atoms with van der Waals surface area (Å²) in [5.74, 6) is 0.508. The van der Waals surface area contributed by atoms with Crippen LogP contribution in [0.4, 0.5) is 0 Å². The average Bonchev–Trinajstić information content (AvgIpc) is 3.54. The van der Waals surface area contributed by atoms with Crippen LogP contribution in [-0.4, -0.2) is 55.9 Å². The lowest BCUT2D eigenvalue weighted by Crippen LogP contribution is -2.30. The summed E-state index contributed by atoms with van der Waals surface area (Å²) in [5, 5.41) is 5.56. The fourth-order valence-electron chi connectivity index (χ4n) is 5.53. The predicted molar refractivity (Wildman–Crippen MR) is 154 cm³/mol. The zero-order chi connectivity index (χ0) is 27.4. The Morgan fingerprint density at radius 1 is 1.10 bits per heavy atom. The van der Waals surface area contributed by atoms with Crippen molar-refractivity contribution in [3.8, 4) is 5.69 Å². The van der Waals surface area contributed by atoms with E-state index in [0.29, 0.717) is 12.3 Å². The molecule has 7 heteroatoms. The van der Waals surface area contributed by atoms with Crippen molar-refractivity contribution < 1.29 is 9.53 Å². The van der Waals surface area contributed by atoms with E-state index in [2.05, 4.69) is 51.4 Å². The van der Waals surface area contributed by atoms with E-state index in [4.69, 9.17) is 9.72 Å². The van der Waals surface area contributed by atoms with Crippen LogP contribution in [0.25, 0.3) is 16.7 Å². The second-order valence-electron chi connectivity index (χ2n) is 11.8. The van der Waals surface area contributed by atoms with Crippen LogP contribution in [0, 0.1) is 12.8 Å². The van der Waals surface area contributed by atoms with Gasteiger partial charge in [-0.3, -0.25) is 4.79 Å². The molecule has 1 aliphatic heterocycles. The number of esters is 1. The molecule has 1 aromatic carbocycles. The van der Waals surface area contributed by atoms with Crippen molar-refractivity contribution >= 4 is 17.0 Å². The lowest BCUT2D eigenvalue weighted by Gasteiger charge is -2.26. The molecule has 0 bridgehead atoms. The first kappa shape index (κ1) is 27.0. The third-order valence-corrected chi connectivity index (χ3v) is 7.43. The van der Waals surface area contributed by atoms with Gasteiger partial charge in [0.1, 0.15) is 5.60 Å².